The van der Waals surface area contributed by atoms with E-state index >= 15 is 0 Å². The van der Waals surface area contributed by atoms with Gasteiger partial charge in [-0.2, -0.15) is 0 Å². The second-order valence-corrected chi connectivity index (χ2v) is 20.2. The summed E-state index contributed by atoms with van der Waals surface area (Å²) in [5, 5.41) is 33.8. The van der Waals surface area contributed by atoms with Crippen molar-refractivity contribution in [2.24, 2.45) is 0 Å². The zero-order valence-electron chi connectivity index (χ0n) is 42.5. The molecule has 0 aromatic rings. The van der Waals surface area contributed by atoms with Crippen LogP contribution < -0.4 is 5.32 Å². The Kier molecular flexibility index (Phi) is 52.4. The maximum absolute atomic E-state index is 12.5. The van der Waals surface area contributed by atoms with Crippen LogP contribution in [0.25, 0.3) is 0 Å². The highest BCUT2D eigenvalue weighted by molar-refractivity contribution is 5.76. The van der Waals surface area contributed by atoms with E-state index in [1.54, 1.807) is 0 Å². The molecule has 3 unspecified atom stereocenters. The number of amides is 1. The topological polar surface area (TPSA) is 89.8 Å². The standard InChI is InChI=1S/C57H115NO4/c1-3-5-7-9-11-13-15-17-19-21-23-25-27-29-31-33-35-37-39-41-43-45-47-49-51-55(60)57(62)54(53-59)58-56(61)52-50-48-46-44-42-40-38-36-34-32-30-28-26-24-22-20-18-16-14-12-10-8-6-4-2/h54-55,57,59-60,62H,3-53H2,1-2H3,(H,58,61). The minimum absolute atomic E-state index is 0.135. The number of aliphatic hydroxyl groups excluding tert-OH is 3. The number of hydrogen-bond donors (Lipinski definition) is 4. The van der Waals surface area contributed by atoms with Crippen LogP contribution in [0, 0.1) is 0 Å². The molecule has 0 radical (unpaired) electrons. The predicted molar refractivity (Wildman–Crippen MR) is 273 cm³/mol. The van der Waals surface area contributed by atoms with Crippen molar-refractivity contribution in [2.45, 2.75) is 353 Å². The summed E-state index contributed by atoms with van der Waals surface area (Å²) in [5.41, 5.74) is 0. The van der Waals surface area contributed by atoms with Crippen LogP contribution in [0.5, 0.6) is 0 Å². The third-order valence-corrected chi connectivity index (χ3v) is 14.0. The molecule has 0 bridgehead atoms. The zero-order valence-corrected chi connectivity index (χ0v) is 42.5. The Morgan fingerprint density at radius 1 is 0.339 bits per heavy atom. The van der Waals surface area contributed by atoms with E-state index in [4.69, 9.17) is 0 Å². The van der Waals surface area contributed by atoms with E-state index in [0.717, 1.165) is 32.1 Å². The second kappa shape index (κ2) is 53.0. The molecule has 0 heterocycles. The summed E-state index contributed by atoms with van der Waals surface area (Å²) in [6.07, 6.45) is 64.0. The van der Waals surface area contributed by atoms with Gasteiger partial charge in [-0.15, -0.1) is 0 Å². The molecule has 0 aliphatic heterocycles. The Bertz CT molecular complexity index is 838. The van der Waals surface area contributed by atoms with Gasteiger partial charge in [-0.1, -0.05) is 316 Å². The Hall–Kier alpha value is -0.650. The number of carbonyl (C=O) groups excluding carboxylic acids is 1. The fraction of sp³-hybridized carbons (Fsp3) is 0.982. The molecule has 0 saturated heterocycles. The monoisotopic (exact) mass is 878 g/mol. The van der Waals surface area contributed by atoms with Gasteiger partial charge in [-0.3, -0.25) is 4.79 Å². The van der Waals surface area contributed by atoms with Crippen molar-refractivity contribution in [3.8, 4) is 0 Å². The number of rotatable bonds is 54. The van der Waals surface area contributed by atoms with Crippen LogP contribution in [0.3, 0.4) is 0 Å². The van der Waals surface area contributed by atoms with Crippen molar-refractivity contribution >= 4 is 5.91 Å². The molecule has 0 aromatic carbocycles. The van der Waals surface area contributed by atoms with Gasteiger partial charge in [0.1, 0.15) is 6.10 Å². The molecular weight excluding hydrogens is 763 g/mol. The van der Waals surface area contributed by atoms with Gasteiger partial charge in [-0.25, -0.2) is 0 Å². The van der Waals surface area contributed by atoms with E-state index in [0.29, 0.717) is 12.8 Å². The number of aliphatic hydroxyl groups is 3. The molecule has 5 heteroatoms. The number of carbonyl (C=O) groups is 1. The molecule has 5 nitrogen and oxygen atoms in total. The van der Waals surface area contributed by atoms with E-state index < -0.39 is 18.2 Å². The first-order valence-corrected chi connectivity index (χ1v) is 28.8. The van der Waals surface area contributed by atoms with Gasteiger partial charge < -0.3 is 20.6 Å². The average Bonchev–Trinajstić information content (AvgIpc) is 3.28. The Morgan fingerprint density at radius 3 is 0.774 bits per heavy atom. The van der Waals surface area contributed by atoms with Gasteiger partial charge in [0.05, 0.1) is 18.8 Å². The quantitative estimate of drug-likeness (QED) is 0.0458. The van der Waals surface area contributed by atoms with Gasteiger partial charge in [0, 0.05) is 6.42 Å². The van der Waals surface area contributed by atoms with Crippen molar-refractivity contribution in [3.63, 3.8) is 0 Å². The first kappa shape index (κ1) is 61.4. The molecule has 62 heavy (non-hydrogen) atoms. The molecule has 372 valence electrons. The Morgan fingerprint density at radius 2 is 0.548 bits per heavy atom. The van der Waals surface area contributed by atoms with Crippen LogP contribution in [0.2, 0.25) is 0 Å². The summed E-state index contributed by atoms with van der Waals surface area (Å²) < 4.78 is 0. The maximum Gasteiger partial charge on any atom is 0.220 e. The van der Waals surface area contributed by atoms with E-state index in [2.05, 4.69) is 19.2 Å². The summed E-state index contributed by atoms with van der Waals surface area (Å²) in [6, 6.07) is -0.804. The highest BCUT2D eigenvalue weighted by atomic mass is 16.3. The van der Waals surface area contributed by atoms with Gasteiger partial charge in [0.15, 0.2) is 0 Å². The molecule has 0 aliphatic carbocycles. The summed E-state index contributed by atoms with van der Waals surface area (Å²) in [7, 11) is 0. The lowest BCUT2D eigenvalue weighted by atomic mass is 9.99. The Labute approximate surface area is 389 Å². The predicted octanol–water partition coefficient (Wildman–Crippen LogP) is 17.7. The fourth-order valence-electron chi connectivity index (χ4n) is 9.52. The third kappa shape index (κ3) is 47.3. The first-order valence-electron chi connectivity index (χ1n) is 28.8. The number of nitrogens with one attached hydrogen (secondary N) is 1. The molecule has 0 aliphatic rings. The smallest absolute Gasteiger partial charge is 0.220 e. The van der Waals surface area contributed by atoms with Crippen LogP contribution in [-0.4, -0.2) is 46.1 Å². The average molecular weight is 879 g/mol. The molecule has 0 rings (SSSR count). The van der Waals surface area contributed by atoms with Gasteiger partial charge in [0.25, 0.3) is 0 Å². The molecule has 0 spiro atoms. The summed E-state index contributed by atoms with van der Waals surface area (Å²) in [6.45, 7) is 4.23. The van der Waals surface area contributed by atoms with Crippen molar-refractivity contribution in [1.82, 2.24) is 5.32 Å². The number of hydrogen-bond acceptors (Lipinski definition) is 4. The second-order valence-electron chi connectivity index (χ2n) is 20.2. The third-order valence-electron chi connectivity index (χ3n) is 14.0. The van der Waals surface area contributed by atoms with Crippen LogP contribution in [0.1, 0.15) is 335 Å². The van der Waals surface area contributed by atoms with Crippen LogP contribution >= 0.6 is 0 Å². The first-order chi connectivity index (χ1) is 30.6. The lowest BCUT2D eigenvalue weighted by Crippen LogP contribution is -2.50. The minimum atomic E-state index is -1.13. The van der Waals surface area contributed by atoms with Crippen LogP contribution in [-0.2, 0) is 4.79 Å². The highest BCUT2D eigenvalue weighted by Gasteiger charge is 2.26. The maximum atomic E-state index is 12.5. The van der Waals surface area contributed by atoms with Gasteiger partial charge in [0.2, 0.25) is 5.91 Å². The lowest BCUT2D eigenvalue weighted by Gasteiger charge is -2.26. The molecule has 0 aromatic heterocycles. The van der Waals surface area contributed by atoms with Crippen molar-refractivity contribution in [1.29, 1.82) is 0 Å². The molecule has 1 amide bonds. The van der Waals surface area contributed by atoms with Crippen molar-refractivity contribution in [3.05, 3.63) is 0 Å². The SMILES string of the molecule is CCCCCCCCCCCCCCCCCCCCCCCCCCC(=O)NC(CO)C(O)C(O)CCCCCCCCCCCCCCCCCCCCCCCCCC. The Balaban J connectivity index is 3.49. The van der Waals surface area contributed by atoms with E-state index in [9.17, 15) is 20.1 Å². The normalized spacial score (nSPS) is 13.2. The summed E-state index contributed by atoms with van der Waals surface area (Å²) in [5.74, 6) is -0.135. The highest BCUT2D eigenvalue weighted by Crippen LogP contribution is 2.19. The van der Waals surface area contributed by atoms with Crippen LogP contribution in [0.15, 0.2) is 0 Å². The van der Waals surface area contributed by atoms with E-state index in [1.165, 1.54) is 276 Å². The minimum Gasteiger partial charge on any atom is -0.394 e. The van der Waals surface area contributed by atoms with E-state index in [-0.39, 0.29) is 12.5 Å². The molecule has 3 atom stereocenters. The number of unbranched alkanes of at least 4 members (excludes halogenated alkanes) is 46. The molecular formula is C57H115NO4. The van der Waals surface area contributed by atoms with Crippen molar-refractivity contribution in [2.75, 3.05) is 6.61 Å². The largest absolute Gasteiger partial charge is 0.394 e. The lowest BCUT2D eigenvalue weighted by molar-refractivity contribution is -0.124. The van der Waals surface area contributed by atoms with Gasteiger partial charge >= 0.3 is 0 Å². The van der Waals surface area contributed by atoms with Gasteiger partial charge in [-0.05, 0) is 12.8 Å². The molecule has 0 fully saturated rings. The summed E-state index contributed by atoms with van der Waals surface area (Å²) >= 11 is 0. The van der Waals surface area contributed by atoms with E-state index in [1.807, 2.05) is 0 Å². The molecule has 4 N–H and O–H groups in total. The van der Waals surface area contributed by atoms with Crippen molar-refractivity contribution < 1.29 is 20.1 Å². The summed E-state index contributed by atoms with van der Waals surface area (Å²) in [4.78, 5) is 12.5. The zero-order chi connectivity index (χ0) is 45.1. The van der Waals surface area contributed by atoms with Crippen LogP contribution in [0.4, 0.5) is 0 Å². The fourth-order valence-corrected chi connectivity index (χ4v) is 9.52. The molecule has 0 saturated carbocycles.